The van der Waals surface area contributed by atoms with Gasteiger partial charge in [0, 0.05) is 5.92 Å². The molecule has 0 bridgehead atoms. The molecule has 10 nitrogen and oxygen atoms in total. The van der Waals surface area contributed by atoms with Crippen molar-refractivity contribution in [3.05, 3.63) is 65.2 Å². The Morgan fingerprint density at radius 2 is 1.62 bits per heavy atom. The Hall–Kier alpha value is -4.05. The van der Waals surface area contributed by atoms with E-state index in [2.05, 4.69) is 9.97 Å². The summed E-state index contributed by atoms with van der Waals surface area (Å²) >= 11 is 0. The van der Waals surface area contributed by atoms with Crippen molar-refractivity contribution in [3.8, 4) is 23.0 Å². The zero-order valence-electron chi connectivity index (χ0n) is 23.5. The Morgan fingerprint density at radius 3 is 2.35 bits per heavy atom. The smallest absolute Gasteiger partial charge is 0.173 e. The maximum Gasteiger partial charge on any atom is 0.173 e. The molecule has 10 heteroatoms. The maximum atomic E-state index is 8.34. The molecule has 5 rings (SSSR count). The third-order valence-electron chi connectivity index (χ3n) is 7.27. The zero-order valence-corrected chi connectivity index (χ0v) is 23.5. The van der Waals surface area contributed by atoms with E-state index in [9.17, 15) is 0 Å². The van der Waals surface area contributed by atoms with Crippen LogP contribution in [-0.4, -0.2) is 53.6 Å². The first-order chi connectivity index (χ1) is 19.5. The van der Waals surface area contributed by atoms with Gasteiger partial charge in [-0.05, 0) is 61.1 Å². The summed E-state index contributed by atoms with van der Waals surface area (Å²) in [6.07, 6.45) is 6.44. The third-order valence-corrected chi connectivity index (χ3v) is 7.27. The van der Waals surface area contributed by atoms with E-state index < -0.39 is 0 Å². The van der Waals surface area contributed by atoms with Crippen LogP contribution in [0.3, 0.4) is 0 Å². The molecule has 1 unspecified atom stereocenters. The van der Waals surface area contributed by atoms with Crippen LogP contribution in [0.15, 0.2) is 42.7 Å². The van der Waals surface area contributed by atoms with Gasteiger partial charge in [0.15, 0.2) is 34.1 Å². The van der Waals surface area contributed by atoms with Crippen molar-refractivity contribution in [1.82, 2.24) is 19.5 Å². The van der Waals surface area contributed by atoms with Gasteiger partial charge in [-0.15, -0.1) is 0 Å². The molecular weight excluding hydrogens is 510 g/mol. The number of aromatic amines is 1. The molecule has 1 fully saturated rings. The average Bonchev–Trinajstić information content (AvgIpc) is 3.66. The van der Waals surface area contributed by atoms with E-state index >= 15 is 0 Å². The Kier molecular flexibility index (Phi) is 8.54. The molecule has 2 heterocycles. The Balaban J connectivity index is 1.30. The van der Waals surface area contributed by atoms with Crippen molar-refractivity contribution in [2.75, 3.05) is 27.9 Å². The molecule has 0 saturated heterocycles. The Bertz CT molecular complexity index is 1510. The Labute approximate surface area is 233 Å². The summed E-state index contributed by atoms with van der Waals surface area (Å²) in [6, 6.07) is 11.7. The third kappa shape index (κ3) is 6.07. The minimum Gasteiger partial charge on any atom is -0.493 e. The molecule has 212 valence electrons. The highest BCUT2D eigenvalue weighted by Crippen LogP contribution is 2.33. The molecule has 1 saturated carbocycles. The van der Waals surface area contributed by atoms with Crippen LogP contribution in [-0.2, 0) is 17.9 Å². The molecule has 0 spiro atoms. The van der Waals surface area contributed by atoms with Gasteiger partial charge in [0.05, 0.1) is 53.5 Å². The number of ether oxygens (including phenoxy) is 5. The number of benzene rings is 2. The lowest BCUT2D eigenvalue weighted by molar-refractivity contribution is 0.108. The van der Waals surface area contributed by atoms with E-state index in [0.29, 0.717) is 42.4 Å². The molecule has 0 aliphatic heterocycles. The molecule has 4 aromatic rings. The molecule has 2 N–H and O–H groups in total. The fourth-order valence-electron chi connectivity index (χ4n) is 5.05. The molecule has 0 amide bonds. The van der Waals surface area contributed by atoms with Crippen molar-refractivity contribution in [3.63, 3.8) is 0 Å². The summed E-state index contributed by atoms with van der Waals surface area (Å²) in [5.41, 5.74) is 3.45. The van der Waals surface area contributed by atoms with Gasteiger partial charge in [0.2, 0.25) is 0 Å². The number of nitrogens with one attached hydrogen (secondary N) is 2. The van der Waals surface area contributed by atoms with Crippen molar-refractivity contribution in [2.45, 2.75) is 57.8 Å². The zero-order chi connectivity index (χ0) is 28.1. The number of nitrogens with zero attached hydrogens (tertiary/aromatic N) is 3. The number of aromatic nitrogens is 4. The monoisotopic (exact) mass is 547 g/mol. The molecule has 0 radical (unpaired) electrons. The fraction of sp³-hybridized carbons (Fsp3) is 0.433. The quantitative estimate of drug-likeness (QED) is 0.258. The summed E-state index contributed by atoms with van der Waals surface area (Å²) in [4.78, 5) is 12.5. The average molecular weight is 548 g/mol. The van der Waals surface area contributed by atoms with Gasteiger partial charge in [-0.3, -0.25) is 5.41 Å². The lowest BCUT2D eigenvalue weighted by Crippen LogP contribution is -2.14. The minimum atomic E-state index is -0.0206. The molecule has 2 aromatic carbocycles. The van der Waals surface area contributed by atoms with E-state index in [1.165, 1.54) is 12.8 Å². The molecule has 2 aromatic heterocycles. The van der Waals surface area contributed by atoms with Gasteiger partial charge in [0.1, 0.15) is 11.3 Å². The van der Waals surface area contributed by atoms with E-state index in [4.69, 9.17) is 34.1 Å². The van der Waals surface area contributed by atoms with E-state index in [1.807, 2.05) is 47.9 Å². The van der Waals surface area contributed by atoms with Crippen LogP contribution >= 0.6 is 0 Å². The standard InChI is InChI=1S/C30H37N5O5/c1-19(16-39-17-21-10-12-23(36-2)25(14-21)38-4)29-33-27-28(31)32-18-35(30(27)34-29)15-20-9-11-24(37-3)26(13-20)40-22-7-5-6-8-22/h9-14,18-19,22,31H,5-8,15-17H2,1-4H3,(H,33,34). The van der Waals surface area contributed by atoms with Crippen LogP contribution < -0.4 is 24.4 Å². The number of methoxy groups -OCH3 is 3. The number of H-pyrrole nitrogens is 1. The van der Waals surface area contributed by atoms with Crippen LogP contribution in [0.25, 0.3) is 11.2 Å². The van der Waals surface area contributed by atoms with Crippen LogP contribution in [0.2, 0.25) is 0 Å². The second-order valence-electron chi connectivity index (χ2n) is 10.2. The Morgan fingerprint density at radius 1 is 0.950 bits per heavy atom. The highest BCUT2D eigenvalue weighted by atomic mass is 16.5. The highest BCUT2D eigenvalue weighted by Gasteiger charge is 2.19. The normalized spacial score (nSPS) is 14.4. The second kappa shape index (κ2) is 12.4. The SMILES string of the molecule is COc1ccc(COCC(C)c2nc3c([nH]2)c(=N)ncn3Cc2ccc(OC)c(OC3CCCC3)c2)cc1OC. The molecule has 1 atom stereocenters. The summed E-state index contributed by atoms with van der Waals surface area (Å²) in [6.45, 7) is 3.46. The lowest BCUT2D eigenvalue weighted by Gasteiger charge is -2.17. The second-order valence-corrected chi connectivity index (χ2v) is 10.2. The van der Waals surface area contributed by atoms with Gasteiger partial charge in [-0.1, -0.05) is 19.1 Å². The maximum absolute atomic E-state index is 8.34. The molecule has 1 aliphatic carbocycles. The first-order valence-electron chi connectivity index (χ1n) is 13.6. The lowest BCUT2D eigenvalue weighted by atomic mass is 10.2. The van der Waals surface area contributed by atoms with Crippen molar-refractivity contribution in [2.24, 2.45) is 0 Å². The fourth-order valence-corrected chi connectivity index (χ4v) is 5.05. The van der Waals surface area contributed by atoms with Crippen molar-refractivity contribution in [1.29, 1.82) is 5.41 Å². The number of fused-ring (bicyclic) bond motifs is 1. The van der Waals surface area contributed by atoms with Crippen molar-refractivity contribution >= 4 is 11.2 Å². The number of hydrogen-bond acceptors (Lipinski definition) is 8. The summed E-state index contributed by atoms with van der Waals surface area (Å²) in [5, 5.41) is 8.34. The van der Waals surface area contributed by atoms with E-state index in [0.717, 1.165) is 41.3 Å². The highest BCUT2D eigenvalue weighted by molar-refractivity contribution is 5.69. The van der Waals surface area contributed by atoms with Gasteiger partial charge in [-0.25, -0.2) is 9.97 Å². The molecular formula is C30H37N5O5. The summed E-state index contributed by atoms with van der Waals surface area (Å²) < 4.78 is 30.5. The van der Waals surface area contributed by atoms with Crippen LogP contribution in [0.1, 0.15) is 55.5 Å². The number of imidazole rings is 1. The minimum absolute atomic E-state index is 0.0206. The van der Waals surface area contributed by atoms with Gasteiger partial charge in [0.25, 0.3) is 0 Å². The predicted molar refractivity (Wildman–Crippen MR) is 150 cm³/mol. The van der Waals surface area contributed by atoms with Gasteiger partial charge >= 0.3 is 0 Å². The van der Waals surface area contributed by atoms with E-state index in [1.54, 1.807) is 27.7 Å². The van der Waals surface area contributed by atoms with Crippen molar-refractivity contribution < 1.29 is 23.7 Å². The predicted octanol–water partition coefficient (Wildman–Crippen LogP) is 4.95. The van der Waals surface area contributed by atoms with Gasteiger partial charge in [-0.2, -0.15) is 0 Å². The van der Waals surface area contributed by atoms with Gasteiger partial charge < -0.3 is 33.2 Å². The summed E-state index contributed by atoms with van der Waals surface area (Å²) in [5.74, 6) is 3.57. The molecule has 40 heavy (non-hydrogen) atoms. The topological polar surface area (TPSA) is 117 Å². The van der Waals surface area contributed by atoms with Crippen LogP contribution in [0.4, 0.5) is 0 Å². The number of rotatable bonds is 12. The molecule has 1 aliphatic rings. The summed E-state index contributed by atoms with van der Waals surface area (Å²) in [7, 11) is 4.89. The number of hydrogen-bond donors (Lipinski definition) is 2. The van der Waals surface area contributed by atoms with Crippen LogP contribution in [0, 0.1) is 5.41 Å². The first-order valence-corrected chi connectivity index (χ1v) is 13.6. The van der Waals surface area contributed by atoms with E-state index in [-0.39, 0.29) is 17.5 Å². The largest absolute Gasteiger partial charge is 0.493 e. The first kappa shape index (κ1) is 27.5. The van der Waals surface area contributed by atoms with Crippen LogP contribution in [0.5, 0.6) is 23.0 Å².